The van der Waals surface area contributed by atoms with Crippen molar-refractivity contribution in [2.45, 2.75) is 44.9 Å². The second-order valence-corrected chi connectivity index (χ2v) is 8.84. The summed E-state index contributed by atoms with van der Waals surface area (Å²) in [5.74, 6) is -0.0967. The molecular weight excluding hydrogens is 413 g/mol. The maximum absolute atomic E-state index is 14.9. The second kappa shape index (κ2) is 7.11. The third-order valence-electron chi connectivity index (χ3n) is 6.08. The van der Waals surface area contributed by atoms with Gasteiger partial charge in [-0.2, -0.15) is 0 Å². The molecule has 0 aliphatic carbocycles. The van der Waals surface area contributed by atoms with Crippen LogP contribution in [-0.2, 0) is 10.4 Å². The number of hydrogen-bond acceptors (Lipinski definition) is 5. The minimum atomic E-state index is -1.31. The summed E-state index contributed by atoms with van der Waals surface area (Å²) in [5, 5.41) is 20.5. The van der Waals surface area contributed by atoms with E-state index in [0.29, 0.717) is 34.7 Å². The highest BCUT2D eigenvalue weighted by atomic mass is 19.1. The summed E-state index contributed by atoms with van der Waals surface area (Å²) in [6.07, 6.45) is 3.14. The van der Waals surface area contributed by atoms with Crippen LogP contribution in [0.1, 0.15) is 44.6 Å². The number of hydrogen-bond donors (Lipinski definition) is 3. The summed E-state index contributed by atoms with van der Waals surface area (Å²) in [6.45, 7) is 4.77. The number of nitrogens with one attached hydrogen (secondary N) is 1. The van der Waals surface area contributed by atoms with E-state index in [1.165, 1.54) is 26.8 Å². The van der Waals surface area contributed by atoms with Gasteiger partial charge in [-0.25, -0.2) is 14.4 Å². The number of nitrogens with zero attached hydrogens (tertiary/aromatic N) is 4. The molecule has 1 aliphatic rings. The van der Waals surface area contributed by atoms with Crippen molar-refractivity contribution in [3.63, 3.8) is 0 Å². The third kappa shape index (κ3) is 3.16. The quantitative estimate of drug-likeness (QED) is 0.457. The van der Waals surface area contributed by atoms with E-state index in [1.54, 1.807) is 29.4 Å². The van der Waals surface area contributed by atoms with Gasteiger partial charge in [0.1, 0.15) is 11.6 Å². The number of benzene rings is 1. The zero-order chi connectivity index (χ0) is 22.8. The van der Waals surface area contributed by atoms with E-state index in [-0.39, 0.29) is 18.0 Å². The molecule has 1 amide bonds. The summed E-state index contributed by atoms with van der Waals surface area (Å²) in [7, 11) is 0. The summed E-state index contributed by atoms with van der Waals surface area (Å²) < 4.78 is 16.8. The van der Waals surface area contributed by atoms with Crippen molar-refractivity contribution >= 4 is 22.6 Å². The first-order chi connectivity index (χ1) is 15.1. The number of carbonyl (C=O) groups is 1. The molecule has 5 rings (SSSR count). The van der Waals surface area contributed by atoms with Crippen molar-refractivity contribution in [3.8, 4) is 11.3 Å². The van der Waals surface area contributed by atoms with Crippen LogP contribution in [-0.4, -0.2) is 53.0 Å². The van der Waals surface area contributed by atoms with Crippen LogP contribution in [0, 0.1) is 5.82 Å². The standard InChI is InChI=1S/C23H24FN5O3/c1-12(30)28-11-14(31)9-18(28)22-27-20(13-4-5-15(16(24)8-13)23(2,3)32)19-10-26-21-17(29(19)22)6-7-25-21/h4-8,10,14,18,25,31-32H,9,11H2,1-3H3. The van der Waals surface area contributed by atoms with Gasteiger partial charge in [-0.1, -0.05) is 12.1 Å². The molecule has 1 fully saturated rings. The van der Waals surface area contributed by atoms with Gasteiger partial charge >= 0.3 is 0 Å². The highest BCUT2D eigenvalue weighted by Crippen LogP contribution is 2.37. The molecule has 32 heavy (non-hydrogen) atoms. The Morgan fingerprint density at radius 3 is 2.75 bits per heavy atom. The Balaban J connectivity index is 1.75. The highest BCUT2D eigenvalue weighted by Gasteiger charge is 2.37. The van der Waals surface area contributed by atoms with E-state index in [1.807, 2.05) is 10.5 Å². The van der Waals surface area contributed by atoms with Gasteiger partial charge in [-0.3, -0.25) is 9.20 Å². The zero-order valence-corrected chi connectivity index (χ0v) is 18.0. The lowest BCUT2D eigenvalue weighted by Gasteiger charge is -2.22. The first kappa shape index (κ1) is 20.6. The summed E-state index contributed by atoms with van der Waals surface area (Å²) in [4.78, 5) is 26.3. The second-order valence-electron chi connectivity index (χ2n) is 8.84. The van der Waals surface area contributed by atoms with E-state index >= 15 is 0 Å². The number of fused-ring (bicyclic) bond motifs is 3. The van der Waals surface area contributed by atoms with E-state index < -0.39 is 23.6 Å². The number of H-pyrrole nitrogens is 1. The molecule has 0 saturated carbocycles. The van der Waals surface area contributed by atoms with Crippen LogP contribution in [0.15, 0.2) is 36.7 Å². The molecule has 0 spiro atoms. The number of amides is 1. The first-order valence-electron chi connectivity index (χ1n) is 10.5. The summed E-state index contributed by atoms with van der Waals surface area (Å²) >= 11 is 0. The van der Waals surface area contributed by atoms with Crippen molar-refractivity contribution in [2.75, 3.05) is 6.54 Å². The summed E-state index contributed by atoms with van der Waals surface area (Å²) in [6, 6.07) is 6.07. The predicted molar refractivity (Wildman–Crippen MR) is 116 cm³/mol. The average Bonchev–Trinajstić information content (AvgIpc) is 3.42. The number of aromatic nitrogens is 4. The number of aliphatic hydroxyl groups excluding tert-OH is 1. The molecule has 4 heterocycles. The number of carbonyl (C=O) groups excluding carboxylic acids is 1. The Morgan fingerprint density at radius 2 is 2.06 bits per heavy atom. The van der Waals surface area contributed by atoms with E-state index in [2.05, 4.69) is 9.97 Å². The monoisotopic (exact) mass is 437 g/mol. The minimum Gasteiger partial charge on any atom is -0.391 e. The molecule has 9 heteroatoms. The molecule has 1 aliphatic heterocycles. The summed E-state index contributed by atoms with van der Waals surface area (Å²) in [5.41, 5.74) is 2.01. The number of rotatable bonds is 3. The van der Waals surface area contributed by atoms with Crippen LogP contribution in [0.25, 0.3) is 27.9 Å². The van der Waals surface area contributed by atoms with Crippen LogP contribution >= 0.6 is 0 Å². The van der Waals surface area contributed by atoms with Gasteiger partial charge in [0, 0.05) is 37.2 Å². The first-order valence-corrected chi connectivity index (χ1v) is 10.5. The van der Waals surface area contributed by atoms with Gasteiger partial charge in [-0.15, -0.1) is 0 Å². The smallest absolute Gasteiger partial charge is 0.220 e. The van der Waals surface area contributed by atoms with E-state index in [0.717, 1.165) is 5.52 Å². The average molecular weight is 437 g/mol. The Bertz CT molecular complexity index is 1350. The Hall–Kier alpha value is -3.30. The van der Waals surface area contributed by atoms with Crippen LogP contribution < -0.4 is 0 Å². The van der Waals surface area contributed by atoms with Crippen molar-refractivity contribution in [1.29, 1.82) is 0 Å². The maximum Gasteiger partial charge on any atom is 0.220 e. The fraction of sp³-hybridized carbons (Fsp3) is 0.348. The normalized spacial score (nSPS) is 19.4. The molecule has 1 saturated heterocycles. The molecule has 166 valence electrons. The predicted octanol–water partition coefficient (Wildman–Crippen LogP) is 2.90. The van der Waals surface area contributed by atoms with Gasteiger partial charge in [0.25, 0.3) is 0 Å². The number of β-amino-alcohol motifs (C(OH)–C–C–N with tert-alkyl or cyclic N) is 1. The van der Waals surface area contributed by atoms with Crippen molar-refractivity contribution in [3.05, 3.63) is 53.9 Å². The highest BCUT2D eigenvalue weighted by molar-refractivity contribution is 5.84. The zero-order valence-electron chi connectivity index (χ0n) is 18.0. The Kier molecular flexibility index (Phi) is 4.58. The number of imidazole rings is 1. The number of halogens is 1. The molecule has 2 unspecified atom stereocenters. The Morgan fingerprint density at radius 1 is 1.28 bits per heavy atom. The topological polar surface area (TPSA) is 107 Å². The lowest BCUT2D eigenvalue weighted by Crippen LogP contribution is -2.30. The lowest BCUT2D eigenvalue weighted by atomic mass is 9.96. The molecule has 4 aromatic rings. The van der Waals surface area contributed by atoms with Gasteiger partial charge in [0.05, 0.1) is 40.7 Å². The van der Waals surface area contributed by atoms with Gasteiger partial charge in [0.15, 0.2) is 5.65 Å². The fourth-order valence-electron chi connectivity index (χ4n) is 4.59. The number of aromatic amines is 1. The minimum absolute atomic E-state index is 0.148. The molecular formula is C23H24FN5O3. The van der Waals surface area contributed by atoms with Gasteiger partial charge < -0.3 is 20.1 Å². The number of aliphatic hydroxyl groups is 2. The van der Waals surface area contributed by atoms with Crippen LogP contribution in [0.2, 0.25) is 0 Å². The maximum atomic E-state index is 14.9. The molecule has 1 aromatic carbocycles. The molecule has 3 aromatic heterocycles. The fourth-order valence-corrected chi connectivity index (χ4v) is 4.59. The third-order valence-corrected chi connectivity index (χ3v) is 6.08. The van der Waals surface area contributed by atoms with Gasteiger partial charge in [-0.05, 0) is 26.0 Å². The lowest BCUT2D eigenvalue weighted by molar-refractivity contribution is -0.130. The van der Waals surface area contributed by atoms with E-state index in [4.69, 9.17) is 4.98 Å². The molecule has 3 N–H and O–H groups in total. The SMILES string of the molecule is CC(=O)N1CC(O)CC1c1nc(-c2ccc(C(C)(C)O)c(F)c2)c2cnc3[nH]ccc3n12. The molecule has 0 bridgehead atoms. The molecule has 2 atom stereocenters. The van der Waals surface area contributed by atoms with Crippen LogP contribution in [0.5, 0.6) is 0 Å². The van der Waals surface area contributed by atoms with Gasteiger partial charge in [0.2, 0.25) is 5.91 Å². The largest absolute Gasteiger partial charge is 0.391 e. The van der Waals surface area contributed by atoms with Crippen molar-refractivity contribution in [2.24, 2.45) is 0 Å². The van der Waals surface area contributed by atoms with Crippen molar-refractivity contribution < 1.29 is 19.4 Å². The van der Waals surface area contributed by atoms with E-state index in [9.17, 15) is 19.4 Å². The molecule has 0 radical (unpaired) electrons. The Labute approximate surface area is 183 Å². The molecule has 8 nitrogen and oxygen atoms in total. The van der Waals surface area contributed by atoms with Crippen molar-refractivity contribution in [1.82, 2.24) is 24.3 Å². The number of likely N-dealkylation sites (tertiary alicyclic amines) is 1. The van der Waals surface area contributed by atoms with Crippen LogP contribution in [0.4, 0.5) is 4.39 Å². The van der Waals surface area contributed by atoms with Crippen LogP contribution in [0.3, 0.4) is 0 Å².